The molecule has 0 fully saturated rings. The van der Waals surface area contributed by atoms with E-state index in [9.17, 15) is 4.79 Å². The van der Waals surface area contributed by atoms with E-state index in [-0.39, 0.29) is 11.9 Å². The summed E-state index contributed by atoms with van der Waals surface area (Å²) in [4.78, 5) is 16.3. The van der Waals surface area contributed by atoms with Gasteiger partial charge in [-0.2, -0.15) is 4.98 Å². The summed E-state index contributed by atoms with van der Waals surface area (Å²) in [5.74, 6) is 0.711. The molecule has 0 radical (unpaired) electrons. The molecule has 1 amide bonds. The molecule has 0 aliphatic carbocycles. The molecule has 2 heterocycles. The Morgan fingerprint density at radius 1 is 1.56 bits per heavy atom. The predicted octanol–water partition coefficient (Wildman–Crippen LogP) is 2.95. The molecule has 2 aromatic rings. The van der Waals surface area contributed by atoms with Gasteiger partial charge in [0, 0.05) is 4.47 Å². The van der Waals surface area contributed by atoms with Gasteiger partial charge in [-0.05, 0) is 44.8 Å². The minimum Gasteiger partial charge on any atom is -0.288 e. The summed E-state index contributed by atoms with van der Waals surface area (Å²) in [5, 5.41) is 9.07. The SMILES string of the molecule is Cc1nc(NC(=O)c2cc(Br)c(Br)s2)n[nH]1. The third-order valence-electron chi connectivity index (χ3n) is 1.69. The van der Waals surface area contributed by atoms with E-state index in [1.165, 1.54) is 11.3 Å². The predicted molar refractivity (Wildman–Crippen MR) is 68.8 cm³/mol. The second kappa shape index (κ2) is 4.64. The van der Waals surface area contributed by atoms with Gasteiger partial charge in [0.2, 0.25) is 5.95 Å². The fraction of sp³-hybridized carbons (Fsp3) is 0.125. The minimum absolute atomic E-state index is 0.226. The Bertz CT molecular complexity index is 516. The smallest absolute Gasteiger partial charge is 0.268 e. The Balaban J connectivity index is 2.14. The van der Waals surface area contributed by atoms with Crippen LogP contribution in [0.1, 0.15) is 15.5 Å². The standard InChI is InChI=1S/C8H6Br2N4OS/c1-3-11-8(14-13-3)12-7(15)5-2-4(9)6(10)16-5/h2H,1H3,(H2,11,12,13,14,15). The second-order valence-corrected chi connectivity index (χ2v) is 6.16. The molecule has 0 aromatic carbocycles. The van der Waals surface area contributed by atoms with Crippen LogP contribution in [0.25, 0.3) is 0 Å². The third-order valence-corrected chi connectivity index (χ3v) is 4.95. The molecule has 0 aliphatic heterocycles. The number of aromatic amines is 1. The zero-order valence-electron chi connectivity index (χ0n) is 8.04. The van der Waals surface area contributed by atoms with Gasteiger partial charge in [0.05, 0.1) is 8.66 Å². The number of aryl methyl sites for hydroxylation is 1. The highest BCUT2D eigenvalue weighted by Crippen LogP contribution is 2.32. The lowest BCUT2D eigenvalue weighted by molar-refractivity contribution is 0.102. The number of hydrogen-bond acceptors (Lipinski definition) is 4. The van der Waals surface area contributed by atoms with E-state index >= 15 is 0 Å². The normalized spacial score (nSPS) is 10.4. The van der Waals surface area contributed by atoms with E-state index in [0.717, 1.165) is 8.26 Å². The van der Waals surface area contributed by atoms with Crippen molar-refractivity contribution in [3.05, 3.63) is 25.0 Å². The van der Waals surface area contributed by atoms with Crippen LogP contribution in [0.4, 0.5) is 5.95 Å². The molecule has 5 nitrogen and oxygen atoms in total. The van der Waals surface area contributed by atoms with Gasteiger partial charge in [0.25, 0.3) is 5.91 Å². The highest BCUT2D eigenvalue weighted by molar-refractivity contribution is 9.13. The number of aromatic nitrogens is 3. The van der Waals surface area contributed by atoms with Crippen LogP contribution in [-0.4, -0.2) is 21.1 Å². The van der Waals surface area contributed by atoms with Crippen molar-refractivity contribution in [1.82, 2.24) is 15.2 Å². The first-order valence-corrected chi connectivity index (χ1v) is 6.61. The van der Waals surface area contributed by atoms with Crippen molar-refractivity contribution >= 4 is 55.1 Å². The molecule has 0 bridgehead atoms. The van der Waals surface area contributed by atoms with Crippen molar-refractivity contribution < 1.29 is 4.79 Å². The number of carbonyl (C=O) groups is 1. The van der Waals surface area contributed by atoms with Crippen LogP contribution >= 0.6 is 43.2 Å². The van der Waals surface area contributed by atoms with Gasteiger partial charge in [-0.25, -0.2) is 0 Å². The number of thiophene rings is 1. The molecule has 2 rings (SSSR count). The van der Waals surface area contributed by atoms with Gasteiger partial charge < -0.3 is 0 Å². The van der Waals surface area contributed by atoms with Crippen LogP contribution < -0.4 is 5.32 Å². The summed E-state index contributed by atoms with van der Waals surface area (Å²) in [7, 11) is 0. The monoisotopic (exact) mass is 364 g/mol. The maximum Gasteiger partial charge on any atom is 0.268 e. The number of amides is 1. The lowest BCUT2D eigenvalue weighted by Crippen LogP contribution is -2.11. The molecule has 0 saturated heterocycles. The fourth-order valence-corrected chi connectivity index (χ4v) is 2.95. The highest BCUT2D eigenvalue weighted by Gasteiger charge is 2.13. The largest absolute Gasteiger partial charge is 0.288 e. The van der Waals surface area contributed by atoms with Crippen LogP contribution in [0, 0.1) is 6.92 Å². The first-order chi connectivity index (χ1) is 7.56. The van der Waals surface area contributed by atoms with Crippen molar-refractivity contribution in [2.45, 2.75) is 6.92 Å². The summed E-state index contributed by atoms with van der Waals surface area (Å²) in [6.07, 6.45) is 0. The summed E-state index contributed by atoms with van der Waals surface area (Å²) in [6, 6.07) is 1.74. The van der Waals surface area contributed by atoms with Crippen molar-refractivity contribution in [3.63, 3.8) is 0 Å². The zero-order valence-corrected chi connectivity index (χ0v) is 12.0. The summed E-state index contributed by atoms with van der Waals surface area (Å²) < 4.78 is 1.73. The molecule has 2 N–H and O–H groups in total. The molecular formula is C8H6Br2N4OS. The van der Waals surface area contributed by atoms with E-state index in [0.29, 0.717) is 10.7 Å². The molecule has 84 valence electrons. The summed E-state index contributed by atoms with van der Waals surface area (Å²) in [5.41, 5.74) is 0. The first kappa shape index (κ1) is 11.7. The Morgan fingerprint density at radius 3 is 2.81 bits per heavy atom. The van der Waals surface area contributed by atoms with E-state index in [2.05, 4.69) is 52.4 Å². The van der Waals surface area contributed by atoms with Gasteiger partial charge in [-0.3, -0.25) is 15.2 Å². The van der Waals surface area contributed by atoms with E-state index in [1.54, 1.807) is 13.0 Å². The summed E-state index contributed by atoms with van der Waals surface area (Å²) in [6.45, 7) is 1.76. The van der Waals surface area contributed by atoms with Gasteiger partial charge in [-0.1, -0.05) is 0 Å². The van der Waals surface area contributed by atoms with Crippen molar-refractivity contribution in [2.24, 2.45) is 0 Å². The number of nitrogens with zero attached hydrogens (tertiary/aromatic N) is 2. The number of carbonyl (C=O) groups excluding carboxylic acids is 1. The Hall–Kier alpha value is -0.730. The number of nitrogens with one attached hydrogen (secondary N) is 2. The fourth-order valence-electron chi connectivity index (χ4n) is 1.02. The number of H-pyrrole nitrogens is 1. The Kier molecular flexibility index (Phi) is 3.41. The highest BCUT2D eigenvalue weighted by atomic mass is 79.9. The van der Waals surface area contributed by atoms with Crippen LogP contribution in [-0.2, 0) is 0 Å². The summed E-state index contributed by atoms with van der Waals surface area (Å²) >= 11 is 7.99. The van der Waals surface area contributed by atoms with Crippen molar-refractivity contribution in [1.29, 1.82) is 0 Å². The van der Waals surface area contributed by atoms with E-state index in [1.807, 2.05) is 0 Å². The Labute approximate surface area is 112 Å². The van der Waals surface area contributed by atoms with Gasteiger partial charge in [0.15, 0.2) is 0 Å². The van der Waals surface area contributed by atoms with Crippen LogP contribution in [0.3, 0.4) is 0 Å². The molecule has 2 aromatic heterocycles. The zero-order chi connectivity index (χ0) is 11.7. The number of hydrogen-bond donors (Lipinski definition) is 2. The maximum atomic E-state index is 11.8. The maximum absolute atomic E-state index is 11.8. The molecule has 0 spiro atoms. The van der Waals surface area contributed by atoms with Crippen molar-refractivity contribution in [3.8, 4) is 0 Å². The molecule has 16 heavy (non-hydrogen) atoms. The molecule has 0 aliphatic rings. The molecule has 0 unspecified atom stereocenters. The molecule has 8 heteroatoms. The van der Waals surface area contributed by atoms with E-state index in [4.69, 9.17) is 0 Å². The lowest BCUT2D eigenvalue weighted by atomic mass is 10.4. The second-order valence-electron chi connectivity index (χ2n) is 2.93. The third kappa shape index (κ3) is 2.50. The van der Waals surface area contributed by atoms with Crippen LogP contribution in [0.5, 0.6) is 0 Å². The van der Waals surface area contributed by atoms with Crippen LogP contribution in [0.15, 0.2) is 14.3 Å². The van der Waals surface area contributed by atoms with Gasteiger partial charge >= 0.3 is 0 Å². The first-order valence-electron chi connectivity index (χ1n) is 4.21. The minimum atomic E-state index is -0.226. The number of anilines is 1. The van der Waals surface area contributed by atoms with Gasteiger partial charge in [-0.15, -0.1) is 16.4 Å². The molecule has 0 saturated carbocycles. The molecular weight excluding hydrogens is 360 g/mol. The topological polar surface area (TPSA) is 70.7 Å². The average Bonchev–Trinajstić information content (AvgIpc) is 2.75. The van der Waals surface area contributed by atoms with Crippen molar-refractivity contribution in [2.75, 3.05) is 5.32 Å². The molecule has 0 atom stereocenters. The lowest BCUT2D eigenvalue weighted by Gasteiger charge is -1.95. The number of halogens is 2. The Morgan fingerprint density at radius 2 is 2.31 bits per heavy atom. The van der Waals surface area contributed by atoms with Crippen LogP contribution in [0.2, 0.25) is 0 Å². The van der Waals surface area contributed by atoms with Gasteiger partial charge in [0.1, 0.15) is 5.82 Å². The number of rotatable bonds is 2. The van der Waals surface area contributed by atoms with E-state index < -0.39 is 0 Å². The quantitative estimate of drug-likeness (QED) is 0.859. The average molecular weight is 366 g/mol.